The van der Waals surface area contributed by atoms with E-state index < -0.39 is 21.9 Å². The van der Waals surface area contributed by atoms with Crippen molar-refractivity contribution in [3.8, 4) is 0 Å². The zero-order chi connectivity index (χ0) is 12.6. The molecule has 94 valence electrons. The molecule has 1 aliphatic heterocycles. The van der Waals surface area contributed by atoms with Crippen LogP contribution in [0.3, 0.4) is 0 Å². The van der Waals surface area contributed by atoms with Crippen LogP contribution in [0.4, 0.5) is 9.83 Å². The van der Waals surface area contributed by atoms with E-state index in [0.717, 1.165) is 0 Å². The summed E-state index contributed by atoms with van der Waals surface area (Å²) >= 11 is 0. The molecule has 1 aromatic heterocycles. The highest BCUT2D eigenvalue weighted by atomic mass is 32.3. The number of nitrogens with zero attached hydrogens (tertiary/aromatic N) is 3. The second-order valence-electron chi connectivity index (χ2n) is 4.00. The van der Waals surface area contributed by atoms with E-state index >= 15 is 0 Å². The Labute approximate surface area is 97.2 Å². The lowest BCUT2D eigenvalue weighted by Gasteiger charge is -2.10. The normalized spacial score (nSPS) is 21.2. The van der Waals surface area contributed by atoms with Gasteiger partial charge in [0.05, 0.1) is 5.75 Å². The molecule has 1 aliphatic rings. The molecule has 1 atom stereocenters. The van der Waals surface area contributed by atoms with Crippen LogP contribution in [0.25, 0.3) is 0 Å². The highest BCUT2D eigenvalue weighted by molar-refractivity contribution is 7.86. The molecule has 1 fully saturated rings. The highest BCUT2D eigenvalue weighted by Crippen LogP contribution is 2.23. The summed E-state index contributed by atoms with van der Waals surface area (Å²) in [6.07, 6.45) is -0.00324. The minimum absolute atomic E-state index is 0.00324. The predicted molar refractivity (Wildman–Crippen MR) is 56.5 cm³/mol. The Hall–Kier alpha value is -1.51. The van der Waals surface area contributed by atoms with E-state index in [-0.39, 0.29) is 24.8 Å². The summed E-state index contributed by atoms with van der Waals surface area (Å²) in [6, 6.07) is 0. The maximum Gasteiger partial charge on any atom is 0.302 e. The van der Waals surface area contributed by atoms with E-state index in [0.29, 0.717) is 5.82 Å². The number of aryl methyl sites for hydroxylation is 1. The fraction of sp³-hybridized carbons (Fsp3) is 0.625. The van der Waals surface area contributed by atoms with Crippen molar-refractivity contribution in [3.05, 3.63) is 5.82 Å². The Balaban J connectivity index is 2.10. The number of carbonyl (C=O) groups excluding carboxylic acids is 1. The Kier molecular flexibility index (Phi) is 2.86. The number of aromatic amines is 1. The SMILES string of the molecule is Cc1nc(N2CC(CS(=O)(=O)F)CC2=O)n[nH]1. The Morgan fingerprint density at radius 2 is 2.29 bits per heavy atom. The molecule has 7 nitrogen and oxygen atoms in total. The van der Waals surface area contributed by atoms with Crippen molar-refractivity contribution in [2.24, 2.45) is 5.92 Å². The lowest BCUT2D eigenvalue weighted by molar-refractivity contribution is -0.117. The molecule has 9 heteroatoms. The van der Waals surface area contributed by atoms with Crippen molar-refractivity contribution in [3.63, 3.8) is 0 Å². The number of amides is 1. The molecule has 2 heterocycles. The first-order valence-corrected chi connectivity index (χ1v) is 6.52. The summed E-state index contributed by atoms with van der Waals surface area (Å²) in [4.78, 5) is 16.8. The largest absolute Gasteiger partial charge is 0.302 e. The van der Waals surface area contributed by atoms with Crippen LogP contribution in [0.15, 0.2) is 0 Å². The molecule has 1 saturated heterocycles. The number of hydrogen-bond donors (Lipinski definition) is 1. The number of carbonyl (C=O) groups is 1. The van der Waals surface area contributed by atoms with Crippen LogP contribution in [-0.4, -0.2) is 41.8 Å². The molecule has 0 saturated carbocycles. The molecule has 0 aliphatic carbocycles. The molecular weight excluding hydrogens is 251 g/mol. The van der Waals surface area contributed by atoms with E-state index in [2.05, 4.69) is 15.2 Å². The van der Waals surface area contributed by atoms with Crippen molar-refractivity contribution in [1.82, 2.24) is 15.2 Å². The van der Waals surface area contributed by atoms with Gasteiger partial charge in [-0.15, -0.1) is 8.98 Å². The van der Waals surface area contributed by atoms with Gasteiger partial charge < -0.3 is 0 Å². The average Bonchev–Trinajstić information content (AvgIpc) is 2.70. The lowest BCUT2D eigenvalue weighted by Crippen LogP contribution is -2.26. The van der Waals surface area contributed by atoms with Crippen LogP contribution in [-0.2, 0) is 15.0 Å². The fourth-order valence-corrected chi connectivity index (χ4v) is 2.61. The van der Waals surface area contributed by atoms with Crippen LogP contribution >= 0.6 is 0 Å². The molecular formula is C8H11FN4O3S. The quantitative estimate of drug-likeness (QED) is 0.759. The third kappa shape index (κ3) is 2.78. The number of rotatable bonds is 3. The second kappa shape index (κ2) is 4.06. The maximum absolute atomic E-state index is 12.5. The van der Waals surface area contributed by atoms with Crippen molar-refractivity contribution in [1.29, 1.82) is 0 Å². The summed E-state index contributed by atoms with van der Waals surface area (Å²) < 4.78 is 33.5. The molecule has 0 aromatic carbocycles. The first kappa shape index (κ1) is 12.0. The van der Waals surface area contributed by atoms with Crippen molar-refractivity contribution < 1.29 is 17.1 Å². The van der Waals surface area contributed by atoms with Gasteiger partial charge in [0.25, 0.3) is 5.95 Å². The number of H-pyrrole nitrogens is 1. The molecule has 1 unspecified atom stereocenters. The summed E-state index contributed by atoms with van der Waals surface area (Å²) in [5.74, 6) is -0.729. The number of nitrogens with one attached hydrogen (secondary N) is 1. The van der Waals surface area contributed by atoms with Gasteiger partial charge >= 0.3 is 10.2 Å². The van der Waals surface area contributed by atoms with Crippen molar-refractivity contribution in [2.45, 2.75) is 13.3 Å². The summed E-state index contributed by atoms with van der Waals surface area (Å²) in [5, 5.41) is 6.39. The standard InChI is InChI=1S/C8H11FN4O3S/c1-5-10-8(12-11-5)13-3-6(2-7(13)14)4-17(9,15)16/h6H,2-4H2,1H3,(H,10,11,12). The van der Waals surface area contributed by atoms with E-state index in [9.17, 15) is 17.1 Å². The zero-order valence-electron chi connectivity index (χ0n) is 9.05. The van der Waals surface area contributed by atoms with E-state index in [1.807, 2.05) is 0 Å². The molecule has 1 aromatic rings. The lowest BCUT2D eigenvalue weighted by atomic mass is 10.1. The van der Waals surface area contributed by atoms with Gasteiger partial charge in [0.15, 0.2) is 0 Å². The van der Waals surface area contributed by atoms with Gasteiger partial charge in [-0.25, -0.2) is 0 Å². The smallest absolute Gasteiger partial charge is 0.279 e. The minimum atomic E-state index is -4.56. The van der Waals surface area contributed by atoms with Crippen molar-refractivity contribution >= 4 is 22.1 Å². The van der Waals surface area contributed by atoms with Gasteiger partial charge in [-0.3, -0.25) is 14.8 Å². The van der Waals surface area contributed by atoms with Crippen LogP contribution in [0.1, 0.15) is 12.2 Å². The predicted octanol–water partition coefficient (Wildman–Crippen LogP) is -0.235. The van der Waals surface area contributed by atoms with Gasteiger partial charge in [0.1, 0.15) is 5.82 Å². The highest BCUT2D eigenvalue weighted by Gasteiger charge is 2.35. The monoisotopic (exact) mass is 262 g/mol. The molecule has 0 spiro atoms. The first-order chi connectivity index (χ1) is 7.85. The number of hydrogen-bond acceptors (Lipinski definition) is 5. The molecule has 0 bridgehead atoms. The van der Waals surface area contributed by atoms with E-state index in [1.165, 1.54) is 4.90 Å². The Morgan fingerprint density at radius 1 is 1.59 bits per heavy atom. The Morgan fingerprint density at radius 3 is 2.82 bits per heavy atom. The van der Waals surface area contributed by atoms with Crippen LogP contribution in [0.5, 0.6) is 0 Å². The third-order valence-electron chi connectivity index (χ3n) is 2.47. The van der Waals surface area contributed by atoms with Gasteiger partial charge in [-0.05, 0) is 6.92 Å². The zero-order valence-corrected chi connectivity index (χ0v) is 9.87. The molecule has 1 amide bonds. The second-order valence-corrected chi connectivity index (χ2v) is 5.41. The van der Waals surface area contributed by atoms with Gasteiger partial charge in [-0.1, -0.05) is 0 Å². The molecule has 0 radical (unpaired) electrons. The first-order valence-electron chi connectivity index (χ1n) is 4.97. The fourth-order valence-electron chi connectivity index (χ4n) is 1.82. The number of aromatic nitrogens is 3. The summed E-state index contributed by atoms with van der Waals surface area (Å²) in [7, 11) is -4.56. The third-order valence-corrected chi connectivity index (χ3v) is 3.34. The van der Waals surface area contributed by atoms with Crippen LogP contribution in [0, 0.1) is 12.8 Å². The van der Waals surface area contributed by atoms with Gasteiger partial charge in [0.2, 0.25) is 5.91 Å². The maximum atomic E-state index is 12.5. The van der Waals surface area contributed by atoms with E-state index in [4.69, 9.17) is 0 Å². The van der Waals surface area contributed by atoms with Crippen LogP contribution < -0.4 is 4.90 Å². The van der Waals surface area contributed by atoms with E-state index in [1.54, 1.807) is 6.92 Å². The van der Waals surface area contributed by atoms with Crippen molar-refractivity contribution in [2.75, 3.05) is 17.2 Å². The average molecular weight is 262 g/mol. The topological polar surface area (TPSA) is 96.0 Å². The minimum Gasteiger partial charge on any atom is -0.279 e. The number of anilines is 1. The molecule has 2 rings (SSSR count). The Bertz CT molecular complexity index is 541. The summed E-state index contributed by atoms with van der Waals surface area (Å²) in [5.41, 5.74) is 0. The van der Waals surface area contributed by atoms with Crippen LogP contribution in [0.2, 0.25) is 0 Å². The van der Waals surface area contributed by atoms with Gasteiger partial charge in [0, 0.05) is 18.9 Å². The molecule has 17 heavy (non-hydrogen) atoms. The molecule has 1 N–H and O–H groups in total. The van der Waals surface area contributed by atoms with Gasteiger partial charge in [-0.2, -0.15) is 13.4 Å². The number of halogens is 1. The summed E-state index contributed by atoms with van der Waals surface area (Å²) in [6.45, 7) is 1.81.